The van der Waals surface area contributed by atoms with Crippen LogP contribution in [0.2, 0.25) is 0 Å². The van der Waals surface area contributed by atoms with Crippen molar-refractivity contribution in [3.8, 4) is 23.0 Å². The number of ether oxygens (including phenoxy) is 2. The first-order chi connectivity index (χ1) is 32.4. The van der Waals surface area contributed by atoms with Crippen molar-refractivity contribution in [2.45, 2.75) is 79.8 Å². The van der Waals surface area contributed by atoms with Crippen LogP contribution in [0, 0.1) is 39.5 Å². The summed E-state index contributed by atoms with van der Waals surface area (Å²) in [7, 11) is 0. The molecule has 6 aliphatic heterocycles. The number of aryl methyl sites for hydroxylation is 4. The van der Waals surface area contributed by atoms with Gasteiger partial charge in [0.1, 0.15) is 26.3 Å². The van der Waals surface area contributed by atoms with E-state index in [9.17, 15) is 47.9 Å². The average molecular weight is 933 g/mol. The Labute approximate surface area is 383 Å². The Kier molecular flexibility index (Phi) is 11.2. The van der Waals surface area contributed by atoms with Gasteiger partial charge in [-0.15, -0.1) is 0 Å². The predicted molar refractivity (Wildman–Crippen MR) is 237 cm³/mol. The first kappa shape index (κ1) is 45.0. The van der Waals surface area contributed by atoms with Crippen molar-refractivity contribution in [1.82, 2.24) is 58.6 Å². The number of benzene rings is 2. The van der Waals surface area contributed by atoms with Crippen molar-refractivity contribution >= 4 is 57.9 Å². The van der Waals surface area contributed by atoms with Crippen LogP contribution in [-0.2, 0) is 54.8 Å². The lowest BCUT2D eigenvalue weighted by atomic mass is 9.61. The molecule has 352 valence electrons. The Hall–Kier alpha value is -8.18. The number of aromatic nitrogens is 8. The van der Waals surface area contributed by atoms with Crippen LogP contribution in [-0.4, -0.2) is 122 Å². The van der Waals surface area contributed by atoms with Crippen LogP contribution in [0.5, 0.6) is 0 Å². The lowest BCUT2D eigenvalue weighted by Crippen LogP contribution is -2.83. The summed E-state index contributed by atoms with van der Waals surface area (Å²) >= 11 is 0. The van der Waals surface area contributed by atoms with Gasteiger partial charge in [-0.05, 0) is 88.1 Å². The third-order valence-corrected chi connectivity index (χ3v) is 13.1. The molecule has 0 aromatic heterocycles. The van der Waals surface area contributed by atoms with Gasteiger partial charge in [0, 0.05) is 13.1 Å². The highest BCUT2D eigenvalue weighted by Crippen LogP contribution is 2.46. The van der Waals surface area contributed by atoms with E-state index in [2.05, 4.69) is 30.6 Å². The van der Waals surface area contributed by atoms with Crippen LogP contribution in [0.25, 0.3) is 45.1 Å². The van der Waals surface area contributed by atoms with Gasteiger partial charge < -0.3 is 28.4 Å². The fraction of sp³-hybridized carbons (Fsp3) is 0.409. The highest BCUT2D eigenvalue weighted by molar-refractivity contribution is 6.08. The molecule has 3 fully saturated rings. The summed E-state index contributed by atoms with van der Waals surface area (Å²) in [5.41, 5.74) is 2.48. The number of hydrogen-bond donors (Lipinski definition) is 2. The van der Waals surface area contributed by atoms with Gasteiger partial charge in [-0.3, -0.25) is 48.5 Å². The first-order valence-corrected chi connectivity index (χ1v) is 21.8. The summed E-state index contributed by atoms with van der Waals surface area (Å²) in [5.74, 6) is -5.97. The smallest absolute Gasteiger partial charge is 0.352 e. The number of amides is 6. The van der Waals surface area contributed by atoms with E-state index < -0.39 is 95.3 Å². The number of nitrogens with one attached hydrogen (secondary N) is 2. The second kappa shape index (κ2) is 16.9. The summed E-state index contributed by atoms with van der Waals surface area (Å²) < 4.78 is 16.2. The zero-order valence-electron chi connectivity index (χ0n) is 37.6. The number of hydrogen-bond acceptors (Lipinski definition) is 16. The van der Waals surface area contributed by atoms with Crippen molar-refractivity contribution in [3.63, 3.8) is 0 Å². The highest BCUT2D eigenvalue weighted by Gasteiger charge is 2.67. The Balaban J connectivity index is 0.921. The van der Waals surface area contributed by atoms with E-state index in [1.165, 1.54) is 0 Å². The van der Waals surface area contributed by atoms with E-state index in [4.69, 9.17) is 9.47 Å². The molecule has 1 saturated carbocycles. The summed E-state index contributed by atoms with van der Waals surface area (Å²) in [6.07, 6.45) is 0. The number of carbonyl (C=O) groups is 6. The Morgan fingerprint density at radius 2 is 0.912 bits per heavy atom. The predicted octanol–water partition coefficient (Wildman–Crippen LogP) is -0.424. The minimum absolute atomic E-state index is 0.0201. The van der Waals surface area contributed by atoms with Gasteiger partial charge in [-0.1, -0.05) is 0 Å². The van der Waals surface area contributed by atoms with Crippen LogP contribution in [0.15, 0.2) is 43.4 Å². The second-order valence-corrected chi connectivity index (χ2v) is 16.9. The first-order valence-electron chi connectivity index (χ1n) is 21.8. The van der Waals surface area contributed by atoms with Crippen molar-refractivity contribution in [3.05, 3.63) is 88.2 Å². The third-order valence-electron chi connectivity index (χ3n) is 13.1. The molecule has 6 heterocycles. The molecule has 68 heavy (non-hydrogen) atoms. The molecule has 9 rings (SSSR count). The minimum atomic E-state index is -1.23. The molecule has 0 spiro atoms. The van der Waals surface area contributed by atoms with Crippen molar-refractivity contribution in [2.75, 3.05) is 26.3 Å². The van der Waals surface area contributed by atoms with E-state index >= 15 is 0 Å². The number of carbonyl (C=O) groups excluding carboxylic acids is 6. The molecule has 0 unspecified atom stereocenters. The molecule has 2 aromatic rings. The number of esters is 2. The zero-order valence-corrected chi connectivity index (χ0v) is 37.6. The molecule has 24 heteroatoms. The van der Waals surface area contributed by atoms with Gasteiger partial charge >= 0.3 is 35.4 Å². The van der Waals surface area contributed by atoms with Crippen LogP contribution >= 0.6 is 0 Å². The fourth-order valence-corrected chi connectivity index (χ4v) is 9.38. The van der Waals surface area contributed by atoms with Gasteiger partial charge in [0.2, 0.25) is 11.8 Å². The topological polar surface area (TPSA) is 291 Å². The van der Waals surface area contributed by atoms with Gasteiger partial charge in [0.25, 0.3) is 11.1 Å². The number of imide groups is 2. The van der Waals surface area contributed by atoms with Gasteiger partial charge in [-0.25, -0.2) is 29.1 Å². The van der Waals surface area contributed by atoms with E-state index in [0.717, 1.165) is 41.2 Å². The Bertz CT molecular complexity index is 3170. The number of rotatable bonds is 12. The zero-order chi connectivity index (χ0) is 48.6. The van der Waals surface area contributed by atoms with Crippen LogP contribution in [0.1, 0.15) is 36.1 Å². The maximum Gasteiger partial charge on any atom is 0.352 e. The second-order valence-electron chi connectivity index (χ2n) is 16.9. The molecule has 2 saturated heterocycles. The maximum absolute atomic E-state index is 13.5. The molecule has 24 nitrogen and oxygen atoms in total. The number of fused-ring (bicyclic) bond motifs is 8. The lowest BCUT2D eigenvalue weighted by molar-refractivity contribution is -0.168. The molecule has 0 radical (unpaired) electrons. The van der Waals surface area contributed by atoms with E-state index in [1.54, 1.807) is 47.2 Å². The normalized spacial score (nSPS) is 19.0. The molecular formula is C44H44N12O12. The van der Waals surface area contributed by atoms with E-state index in [1.807, 2.05) is 27.7 Å². The Morgan fingerprint density at radius 1 is 0.544 bits per heavy atom. The SMILES string of the molecule is CCn1c(=O)nc2n(CCOC(=O)CN3C(=O)NC(=O)[C@@H]4[C@@H]5C(=O)NC(=O)N(CC(=O)OCCn6c7nc(=O)n(CC)c(=O)c-7nc7cc(C)c(C)cc76)[C@@H]5[C@@H]43)c3cc(C)c(C)cc3nc-2c1=O. The van der Waals surface area contributed by atoms with E-state index in [0.29, 0.717) is 22.1 Å². The summed E-state index contributed by atoms with van der Waals surface area (Å²) in [4.78, 5) is 152. The van der Waals surface area contributed by atoms with Gasteiger partial charge in [0.15, 0.2) is 23.0 Å². The third kappa shape index (κ3) is 7.31. The van der Waals surface area contributed by atoms with Crippen molar-refractivity contribution in [1.29, 1.82) is 0 Å². The van der Waals surface area contributed by atoms with Crippen molar-refractivity contribution < 1.29 is 38.2 Å². The lowest BCUT2D eigenvalue weighted by Gasteiger charge is -2.60. The minimum Gasteiger partial charge on any atom is -0.462 e. The monoisotopic (exact) mass is 932 g/mol. The average Bonchev–Trinajstić information content (AvgIpc) is 3.26. The fourth-order valence-electron chi connectivity index (χ4n) is 9.38. The molecule has 1 aliphatic carbocycles. The molecule has 6 amide bonds. The quantitative estimate of drug-likeness (QED) is 0.116. The maximum atomic E-state index is 13.5. The van der Waals surface area contributed by atoms with Crippen LogP contribution in [0.3, 0.4) is 0 Å². The molecular weight excluding hydrogens is 889 g/mol. The molecule has 2 aromatic carbocycles. The molecule has 2 N–H and O–H groups in total. The molecule has 7 aliphatic rings. The van der Waals surface area contributed by atoms with E-state index in [-0.39, 0.29) is 62.4 Å². The summed E-state index contributed by atoms with van der Waals surface area (Å²) in [5, 5.41) is 4.32. The van der Waals surface area contributed by atoms with Crippen molar-refractivity contribution in [2.24, 2.45) is 11.8 Å². The molecule has 4 atom stereocenters. The molecule has 0 bridgehead atoms. The largest absolute Gasteiger partial charge is 0.462 e. The highest BCUT2D eigenvalue weighted by atomic mass is 16.5. The Morgan fingerprint density at radius 3 is 1.28 bits per heavy atom. The van der Waals surface area contributed by atoms with Crippen LogP contribution in [0.4, 0.5) is 9.59 Å². The van der Waals surface area contributed by atoms with Gasteiger partial charge in [0.05, 0.1) is 59.1 Å². The summed E-state index contributed by atoms with van der Waals surface area (Å²) in [6.45, 7) is 8.54. The standard InChI is InChI=1S/C44H44N12O12/c1-7-51-39(61)31-35(47-41(51)63)53(25-15-21(5)19(3)13-23(25)45-31)9-11-67-27(57)17-55-33-29(37(59)49-43(55)65)30-34(33)56(44(66)50-38(30)60)18-28(58)68-12-10-54-26-16-22(6)20(4)14-24(26)46-32-36(54)48-42(64)52(8-2)40(32)62/h13-16,29-30,33-34H,7-12,17-18H2,1-6H3,(H,49,59,65)(H,50,60,66)/t29-,30+,33-,34+. The van der Waals surface area contributed by atoms with Gasteiger partial charge in [-0.2, -0.15) is 9.97 Å². The van der Waals surface area contributed by atoms with Crippen LogP contribution < -0.4 is 33.1 Å². The number of nitrogens with zero attached hydrogens (tertiary/aromatic N) is 10. The number of urea groups is 2. The summed E-state index contributed by atoms with van der Waals surface area (Å²) in [6, 6.07) is 2.71.